The van der Waals surface area contributed by atoms with Gasteiger partial charge in [0, 0.05) is 31.1 Å². The Balaban J connectivity index is 1.43. The molecule has 8 heteroatoms. The van der Waals surface area contributed by atoms with Crippen molar-refractivity contribution in [3.63, 3.8) is 0 Å². The summed E-state index contributed by atoms with van der Waals surface area (Å²) in [5, 5.41) is 13.8. The van der Waals surface area contributed by atoms with Crippen LogP contribution in [0.3, 0.4) is 0 Å². The van der Waals surface area contributed by atoms with Crippen molar-refractivity contribution in [1.29, 1.82) is 0 Å². The zero-order chi connectivity index (χ0) is 16.1. The lowest BCUT2D eigenvalue weighted by Gasteiger charge is -2.32. The van der Waals surface area contributed by atoms with E-state index in [1.54, 1.807) is 17.7 Å². The Morgan fingerprint density at radius 1 is 1.57 bits per heavy atom. The molecule has 0 saturated carbocycles. The van der Waals surface area contributed by atoms with Crippen LogP contribution in [0.25, 0.3) is 0 Å². The Kier molecular flexibility index (Phi) is 5.69. The third kappa shape index (κ3) is 4.79. The van der Waals surface area contributed by atoms with Gasteiger partial charge in [-0.1, -0.05) is 17.8 Å². The molecule has 1 atom stereocenters. The second kappa shape index (κ2) is 7.94. The number of hydrogen-bond donors (Lipinski definition) is 1. The van der Waals surface area contributed by atoms with Crippen LogP contribution in [0, 0.1) is 0 Å². The average Bonchev–Trinajstić information content (AvgIpc) is 3.17. The molecule has 3 heterocycles. The number of piperidine rings is 1. The number of aromatic nitrogens is 3. The van der Waals surface area contributed by atoms with Crippen molar-refractivity contribution in [3.05, 3.63) is 28.7 Å². The van der Waals surface area contributed by atoms with E-state index in [0.29, 0.717) is 5.75 Å². The third-order valence-electron chi connectivity index (χ3n) is 3.83. The lowest BCUT2D eigenvalue weighted by molar-refractivity contribution is -0.119. The summed E-state index contributed by atoms with van der Waals surface area (Å²) in [6.45, 7) is 3.02. The molecule has 0 spiro atoms. The van der Waals surface area contributed by atoms with E-state index in [1.807, 2.05) is 11.6 Å². The highest BCUT2D eigenvalue weighted by Gasteiger charge is 2.21. The Hall–Kier alpha value is -1.38. The minimum absolute atomic E-state index is 0.0703. The number of nitrogens with one attached hydrogen (secondary N) is 1. The number of carbonyl (C=O) groups is 1. The van der Waals surface area contributed by atoms with E-state index in [1.165, 1.54) is 16.6 Å². The smallest absolute Gasteiger partial charge is 0.230 e. The lowest BCUT2D eigenvalue weighted by atomic mass is 10.1. The zero-order valence-corrected chi connectivity index (χ0v) is 14.8. The van der Waals surface area contributed by atoms with Gasteiger partial charge in [-0.2, -0.15) is 0 Å². The number of hydrogen-bond acceptors (Lipinski definition) is 6. The zero-order valence-electron chi connectivity index (χ0n) is 13.1. The predicted octanol–water partition coefficient (Wildman–Crippen LogP) is 1.75. The van der Waals surface area contributed by atoms with Gasteiger partial charge in [0.25, 0.3) is 0 Å². The maximum atomic E-state index is 12.1. The molecule has 1 unspecified atom stereocenters. The molecule has 1 fully saturated rings. The molecular formula is C15H21N5OS2. The standard InChI is InChI=1S/C15H21N5OS2/c1-19-11-16-18-15(19)23-10-14(21)17-12-4-2-6-20(8-12)9-13-5-3-7-22-13/h3,5,7,11-12H,2,4,6,8-10H2,1H3,(H,17,21). The monoisotopic (exact) mass is 351 g/mol. The first-order chi connectivity index (χ1) is 11.2. The van der Waals surface area contributed by atoms with Crippen LogP contribution in [0.15, 0.2) is 29.0 Å². The van der Waals surface area contributed by atoms with Crippen LogP contribution >= 0.6 is 23.1 Å². The maximum absolute atomic E-state index is 12.1. The van der Waals surface area contributed by atoms with E-state index in [4.69, 9.17) is 0 Å². The molecule has 2 aromatic rings. The van der Waals surface area contributed by atoms with Crippen molar-refractivity contribution < 1.29 is 4.79 Å². The first kappa shape index (κ1) is 16.5. The summed E-state index contributed by atoms with van der Waals surface area (Å²) in [6.07, 6.45) is 3.83. The summed E-state index contributed by atoms with van der Waals surface area (Å²) in [5.74, 6) is 0.453. The van der Waals surface area contributed by atoms with Crippen LogP contribution in [0.1, 0.15) is 17.7 Å². The Morgan fingerprint density at radius 3 is 3.22 bits per heavy atom. The second-order valence-electron chi connectivity index (χ2n) is 5.73. The maximum Gasteiger partial charge on any atom is 0.230 e. The predicted molar refractivity (Wildman–Crippen MR) is 92.5 cm³/mol. The van der Waals surface area contributed by atoms with Crippen LogP contribution in [0.4, 0.5) is 0 Å². The fourth-order valence-electron chi connectivity index (χ4n) is 2.74. The summed E-state index contributed by atoms with van der Waals surface area (Å²) in [5.41, 5.74) is 0. The van der Waals surface area contributed by atoms with Crippen LogP contribution in [-0.4, -0.2) is 50.5 Å². The number of nitrogens with zero attached hydrogens (tertiary/aromatic N) is 4. The van der Waals surface area contributed by atoms with Crippen molar-refractivity contribution in [1.82, 2.24) is 25.0 Å². The summed E-state index contributed by atoms with van der Waals surface area (Å²) in [4.78, 5) is 15.9. The van der Waals surface area contributed by atoms with Crippen molar-refractivity contribution in [2.45, 2.75) is 30.6 Å². The highest BCUT2D eigenvalue weighted by molar-refractivity contribution is 7.99. The van der Waals surface area contributed by atoms with Crippen molar-refractivity contribution in [2.24, 2.45) is 7.05 Å². The summed E-state index contributed by atoms with van der Waals surface area (Å²) >= 11 is 3.21. The first-order valence-electron chi connectivity index (χ1n) is 7.71. The summed E-state index contributed by atoms with van der Waals surface area (Å²) in [6, 6.07) is 4.51. The van der Waals surface area contributed by atoms with Gasteiger partial charge in [0.15, 0.2) is 5.16 Å². The van der Waals surface area contributed by atoms with E-state index in [2.05, 4.69) is 37.9 Å². The molecule has 2 aromatic heterocycles. The van der Waals surface area contributed by atoms with E-state index in [9.17, 15) is 4.79 Å². The van der Waals surface area contributed by atoms with Gasteiger partial charge < -0.3 is 9.88 Å². The van der Waals surface area contributed by atoms with E-state index >= 15 is 0 Å². The van der Waals surface area contributed by atoms with Gasteiger partial charge in [0.05, 0.1) is 5.75 Å². The second-order valence-corrected chi connectivity index (χ2v) is 7.71. The molecule has 0 aromatic carbocycles. The van der Waals surface area contributed by atoms with Gasteiger partial charge in [0.1, 0.15) is 6.33 Å². The fraction of sp³-hybridized carbons (Fsp3) is 0.533. The molecular weight excluding hydrogens is 330 g/mol. The molecule has 1 N–H and O–H groups in total. The minimum Gasteiger partial charge on any atom is -0.351 e. The lowest BCUT2D eigenvalue weighted by Crippen LogP contribution is -2.47. The molecule has 3 rings (SSSR count). The van der Waals surface area contributed by atoms with Gasteiger partial charge in [-0.05, 0) is 30.8 Å². The number of aryl methyl sites for hydroxylation is 1. The van der Waals surface area contributed by atoms with Gasteiger partial charge in [0.2, 0.25) is 5.91 Å². The third-order valence-corrected chi connectivity index (χ3v) is 5.73. The highest BCUT2D eigenvalue weighted by Crippen LogP contribution is 2.17. The van der Waals surface area contributed by atoms with Crippen molar-refractivity contribution in [2.75, 3.05) is 18.8 Å². The number of amides is 1. The fourth-order valence-corrected chi connectivity index (χ4v) is 4.19. The quantitative estimate of drug-likeness (QED) is 0.804. The van der Waals surface area contributed by atoms with E-state index < -0.39 is 0 Å². The van der Waals surface area contributed by atoms with Gasteiger partial charge in [-0.15, -0.1) is 21.5 Å². The molecule has 6 nitrogen and oxygen atoms in total. The van der Waals surface area contributed by atoms with Crippen molar-refractivity contribution in [3.8, 4) is 0 Å². The number of likely N-dealkylation sites (tertiary alicyclic amines) is 1. The first-order valence-corrected chi connectivity index (χ1v) is 9.58. The summed E-state index contributed by atoms with van der Waals surface area (Å²) in [7, 11) is 1.88. The van der Waals surface area contributed by atoms with Gasteiger partial charge in [-0.25, -0.2) is 0 Å². The van der Waals surface area contributed by atoms with Crippen LogP contribution < -0.4 is 5.32 Å². The topological polar surface area (TPSA) is 63.1 Å². The minimum atomic E-state index is 0.0703. The molecule has 23 heavy (non-hydrogen) atoms. The highest BCUT2D eigenvalue weighted by atomic mass is 32.2. The number of carbonyl (C=O) groups excluding carboxylic acids is 1. The van der Waals surface area contributed by atoms with Crippen LogP contribution in [0.2, 0.25) is 0 Å². The molecule has 0 bridgehead atoms. The normalized spacial score (nSPS) is 18.9. The molecule has 1 aliphatic heterocycles. The summed E-state index contributed by atoms with van der Waals surface area (Å²) < 4.78 is 1.82. The molecule has 0 aliphatic carbocycles. The Morgan fingerprint density at radius 2 is 2.48 bits per heavy atom. The molecule has 1 aliphatic rings. The van der Waals surface area contributed by atoms with Crippen LogP contribution in [0.5, 0.6) is 0 Å². The molecule has 0 radical (unpaired) electrons. The van der Waals surface area contributed by atoms with Gasteiger partial charge in [-0.3, -0.25) is 9.69 Å². The van der Waals surface area contributed by atoms with Crippen molar-refractivity contribution >= 4 is 29.0 Å². The average molecular weight is 352 g/mol. The molecule has 1 amide bonds. The number of thiophene rings is 1. The van der Waals surface area contributed by atoms with Crippen LogP contribution in [-0.2, 0) is 18.4 Å². The van der Waals surface area contributed by atoms with E-state index in [-0.39, 0.29) is 11.9 Å². The molecule has 124 valence electrons. The van der Waals surface area contributed by atoms with Gasteiger partial charge >= 0.3 is 0 Å². The SMILES string of the molecule is Cn1cnnc1SCC(=O)NC1CCCN(Cc2cccs2)C1. The number of rotatable bonds is 6. The Labute approximate surface area is 144 Å². The number of thioether (sulfide) groups is 1. The Bertz CT molecular complexity index is 628. The van der Waals surface area contributed by atoms with E-state index in [0.717, 1.165) is 37.6 Å². The molecule has 1 saturated heterocycles. The largest absolute Gasteiger partial charge is 0.351 e.